The van der Waals surface area contributed by atoms with Crippen LogP contribution in [0.5, 0.6) is 0 Å². The Morgan fingerprint density at radius 1 is 0.362 bits per heavy atom. The molecule has 6 nitrogen and oxygen atoms in total. The van der Waals surface area contributed by atoms with Crippen LogP contribution in [-0.2, 0) is 19.1 Å². The summed E-state index contributed by atoms with van der Waals surface area (Å²) in [6.07, 6.45) is 32.5. The zero-order valence-corrected chi connectivity index (χ0v) is 32.3. The van der Waals surface area contributed by atoms with Crippen LogP contribution in [0.1, 0.15) is 201 Å². The van der Waals surface area contributed by atoms with Gasteiger partial charge < -0.3 is 19.3 Å². The van der Waals surface area contributed by atoms with E-state index >= 15 is 0 Å². The van der Waals surface area contributed by atoms with E-state index in [1.54, 1.807) is 0 Å². The third-order valence-electron chi connectivity index (χ3n) is 9.64. The minimum absolute atomic E-state index is 0.0454. The Morgan fingerprint density at radius 2 is 0.723 bits per heavy atom. The monoisotopic (exact) mass is 667 g/mol. The summed E-state index contributed by atoms with van der Waals surface area (Å²) < 4.78 is 11.1. The summed E-state index contributed by atoms with van der Waals surface area (Å²) in [7, 11) is 0. The molecule has 280 valence electrons. The Bertz CT molecular complexity index is 655. The number of nitrogens with zero attached hydrogens (tertiary/aromatic N) is 2. The molecule has 0 spiro atoms. The van der Waals surface area contributed by atoms with E-state index in [1.807, 2.05) is 0 Å². The highest BCUT2D eigenvalue weighted by molar-refractivity contribution is 5.69. The number of unbranched alkanes of at least 4 members (excludes halogenated alkanes) is 22. The second kappa shape index (κ2) is 37.7. The molecule has 47 heavy (non-hydrogen) atoms. The zero-order valence-electron chi connectivity index (χ0n) is 32.3. The van der Waals surface area contributed by atoms with Crippen molar-refractivity contribution in [2.75, 3.05) is 52.5 Å². The molecule has 0 aliphatic heterocycles. The fourth-order valence-electron chi connectivity index (χ4n) is 6.24. The van der Waals surface area contributed by atoms with Crippen LogP contribution in [0.3, 0.4) is 0 Å². The smallest absolute Gasteiger partial charge is 0.307 e. The molecule has 0 aromatic rings. The average molecular weight is 667 g/mol. The van der Waals surface area contributed by atoms with Crippen molar-refractivity contribution in [1.82, 2.24) is 9.80 Å². The molecule has 0 amide bonds. The molecular formula is C41H82N2O4. The van der Waals surface area contributed by atoms with Gasteiger partial charge in [-0.15, -0.1) is 0 Å². The Labute approximate surface area is 293 Å². The molecule has 0 fully saturated rings. The van der Waals surface area contributed by atoms with Crippen molar-refractivity contribution in [3.63, 3.8) is 0 Å². The van der Waals surface area contributed by atoms with Gasteiger partial charge in [0.05, 0.1) is 19.6 Å². The van der Waals surface area contributed by atoms with Gasteiger partial charge in [-0.25, -0.2) is 0 Å². The minimum Gasteiger partial charge on any atom is -0.466 e. The first-order valence-corrected chi connectivity index (χ1v) is 20.8. The van der Waals surface area contributed by atoms with Crippen molar-refractivity contribution in [3.05, 3.63) is 0 Å². The molecule has 0 N–H and O–H groups in total. The summed E-state index contributed by atoms with van der Waals surface area (Å²) in [6.45, 7) is 15.9. The summed E-state index contributed by atoms with van der Waals surface area (Å²) in [6, 6.07) is 0. The molecule has 0 heterocycles. The van der Waals surface area contributed by atoms with Gasteiger partial charge in [-0.05, 0) is 45.3 Å². The summed E-state index contributed by atoms with van der Waals surface area (Å²) in [5.74, 6) is -0.110. The molecule has 0 aliphatic carbocycles. The van der Waals surface area contributed by atoms with Crippen molar-refractivity contribution in [2.45, 2.75) is 201 Å². The molecule has 0 rings (SSSR count). The van der Waals surface area contributed by atoms with Gasteiger partial charge in [0.1, 0.15) is 0 Å². The fraction of sp³-hybridized carbons (Fsp3) is 0.951. The lowest BCUT2D eigenvalue weighted by molar-refractivity contribution is -0.145. The number of esters is 2. The number of carbonyl (C=O) groups is 2. The molecule has 0 aliphatic rings. The maximum atomic E-state index is 12.4. The SMILES string of the molecule is CCCCCCCCCCCCCOC(=O)CCCCCN(CCC(=O)OCCCCCCCCCCCCC)CCN(CC)CC. The Morgan fingerprint density at radius 3 is 1.15 bits per heavy atom. The third kappa shape index (κ3) is 34.5. The highest BCUT2D eigenvalue weighted by atomic mass is 16.5. The molecule has 6 heteroatoms. The molecular weight excluding hydrogens is 584 g/mol. The first-order chi connectivity index (χ1) is 23.1. The summed E-state index contributed by atoms with van der Waals surface area (Å²) in [5, 5.41) is 0. The first kappa shape index (κ1) is 45.9. The van der Waals surface area contributed by atoms with E-state index in [-0.39, 0.29) is 11.9 Å². The molecule has 0 bridgehead atoms. The van der Waals surface area contributed by atoms with Crippen LogP contribution >= 0.6 is 0 Å². The zero-order chi connectivity index (χ0) is 34.5. The van der Waals surface area contributed by atoms with Gasteiger partial charge in [0.15, 0.2) is 0 Å². The summed E-state index contributed by atoms with van der Waals surface area (Å²) in [5.41, 5.74) is 0. The lowest BCUT2D eigenvalue weighted by Crippen LogP contribution is -2.37. The van der Waals surface area contributed by atoms with Crippen molar-refractivity contribution >= 4 is 11.9 Å². The predicted molar refractivity (Wildman–Crippen MR) is 202 cm³/mol. The molecule has 0 saturated carbocycles. The van der Waals surface area contributed by atoms with Gasteiger partial charge in [-0.2, -0.15) is 0 Å². The van der Waals surface area contributed by atoms with Crippen LogP contribution in [0.2, 0.25) is 0 Å². The average Bonchev–Trinajstić information content (AvgIpc) is 3.08. The van der Waals surface area contributed by atoms with Crippen LogP contribution in [0.4, 0.5) is 0 Å². The predicted octanol–water partition coefficient (Wildman–Crippen LogP) is 11.3. The second-order valence-electron chi connectivity index (χ2n) is 13.9. The molecule has 0 atom stereocenters. The van der Waals surface area contributed by atoms with Gasteiger partial charge in [-0.1, -0.05) is 163 Å². The first-order valence-electron chi connectivity index (χ1n) is 20.8. The minimum atomic E-state index is -0.0644. The molecule has 0 unspecified atom stereocenters. The van der Waals surface area contributed by atoms with E-state index in [1.165, 1.54) is 122 Å². The maximum Gasteiger partial charge on any atom is 0.307 e. The number of ether oxygens (including phenoxy) is 2. The second-order valence-corrected chi connectivity index (χ2v) is 13.9. The number of likely N-dealkylation sites (N-methyl/N-ethyl adjacent to an activating group) is 1. The maximum absolute atomic E-state index is 12.4. The molecule has 0 radical (unpaired) electrons. The standard InChI is InChI=1S/C41H82N2O4/c1-5-9-11-13-15-17-19-21-23-25-30-38-46-40(44)32-28-27-29-34-43(37-36-42(7-3)8-4)35-33-41(45)47-39-31-26-24-22-20-18-16-14-12-10-6-2/h5-39H2,1-4H3. The third-order valence-corrected chi connectivity index (χ3v) is 9.64. The van der Waals surface area contributed by atoms with Crippen molar-refractivity contribution in [2.24, 2.45) is 0 Å². The summed E-state index contributed by atoms with van der Waals surface area (Å²) in [4.78, 5) is 29.5. The van der Waals surface area contributed by atoms with Gasteiger partial charge in [0.25, 0.3) is 0 Å². The highest BCUT2D eigenvalue weighted by Gasteiger charge is 2.11. The van der Waals surface area contributed by atoms with Gasteiger partial charge in [-0.3, -0.25) is 9.59 Å². The number of carbonyl (C=O) groups excluding carboxylic acids is 2. The lowest BCUT2D eigenvalue weighted by atomic mass is 10.1. The Kier molecular flexibility index (Phi) is 36.8. The van der Waals surface area contributed by atoms with Crippen LogP contribution in [0, 0.1) is 0 Å². The van der Waals surface area contributed by atoms with Crippen LogP contribution < -0.4 is 0 Å². The normalized spacial score (nSPS) is 11.5. The summed E-state index contributed by atoms with van der Waals surface area (Å²) >= 11 is 0. The largest absolute Gasteiger partial charge is 0.466 e. The Balaban J connectivity index is 3.94. The van der Waals surface area contributed by atoms with Crippen LogP contribution in [-0.4, -0.2) is 74.2 Å². The fourth-order valence-corrected chi connectivity index (χ4v) is 6.24. The van der Waals surface area contributed by atoms with E-state index < -0.39 is 0 Å². The van der Waals surface area contributed by atoms with Crippen LogP contribution in [0.25, 0.3) is 0 Å². The quantitative estimate of drug-likeness (QED) is 0.0483. The van der Waals surface area contributed by atoms with Crippen molar-refractivity contribution < 1.29 is 19.1 Å². The van der Waals surface area contributed by atoms with Gasteiger partial charge >= 0.3 is 11.9 Å². The molecule has 0 aromatic carbocycles. The van der Waals surface area contributed by atoms with Crippen molar-refractivity contribution in [1.29, 1.82) is 0 Å². The van der Waals surface area contributed by atoms with Gasteiger partial charge in [0, 0.05) is 26.1 Å². The highest BCUT2D eigenvalue weighted by Crippen LogP contribution is 2.13. The Hall–Kier alpha value is -1.14. The van der Waals surface area contributed by atoms with Gasteiger partial charge in [0.2, 0.25) is 0 Å². The molecule has 0 aromatic heterocycles. The molecule has 0 saturated heterocycles. The van der Waals surface area contributed by atoms with E-state index in [2.05, 4.69) is 37.5 Å². The number of rotatable bonds is 38. The van der Waals surface area contributed by atoms with E-state index in [0.29, 0.717) is 26.1 Å². The van der Waals surface area contributed by atoms with Crippen LogP contribution in [0.15, 0.2) is 0 Å². The van der Waals surface area contributed by atoms with E-state index in [9.17, 15) is 9.59 Å². The number of hydrogen-bond donors (Lipinski definition) is 0. The number of hydrogen-bond acceptors (Lipinski definition) is 6. The topological polar surface area (TPSA) is 59.1 Å². The van der Waals surface area contributed by atoms with E-state index in [0.717, 1.165) is 77.8 Å². The van der Waals surface area contributed by atoms with Crippen molar-refractivity contribution in [3.8, 4) is 0 Å². The lowest BCUT2D eigenvalue weighted by Gasteiger charge is -2.26. The van der Waals surface area contributed by atoms with E-state index in [4.69, 9.17) is 9.47 Å².